The third-order valence-electron chi connectivity index (χ3n) is 2.48. The molecule has 4 heteroatoms. The quantitative estimate of drug-likeness (QED) is 0.686. The molecule has 0 unspecified atom stereocenters. The van der Waals surface area contributed by atoms with E-state index in [1.165, 1.54) is 16.2 Å². The number of hydrogen-bond acceptors (Lipinski definition) is 4. The minimum Gasteiger partial charge on any atom is -0.300 e. The fraction of sp³-hybridized carbons (Fsp3) is 0. The lowest BCUT2D eigenvalue weighted by molar-refractivity contribution is 1.38. The zero-order chi connectivity index (χ0) is 11.5. The van der Waals surface area contributed by atoms with E-state index >= 15 is 0 Å². The van der Waals surface area contributed by atoms with E-state index in [0.717, 1.165) is 16.9 Å². The van der Waals surface area contributed by atoms with Crippen LogP contribution in [0.3, 0.4) is 0 Å². The van der Waals surface area contributed by atoms with Gasteiger partial charge in [0.15, 0.2) is 5.82 Å². The lowest BCUT2D eigenvalue weighted by Gasteiger charge is -2.06. The van der Waals surface area contributed by atoms with Gasteiger partial charge in [0.2, 0.25) is 0 Å². The van der Waals surface area contributed by atoms with Crippen LogP contribution < -0.4 is 10.9 Å². The average molecular weight is 241 g/mol. The van der Waals surface area contributed by atoms with Crippen LogP contribution in [0.5, 0.6) is 0 Å². The second-order valence-electron chi connectivity index (χ2n) is 3.64. The van der Waals surface area contributed by atoms with Crippen LogP contribution in [-0.4, -0.2) is 4.37 Å². The maximum atomic E-state index is 4.38. The van der Waals surface area contributed by atoms with Crippen molar-refractivity contribution < 1.29 is 0 Å². The van der Waals surface area contributed by atoms with Gasteiger partial charge < -0.3 is 0 Å². The molecule has 0 atom stereocenters. The molecule has 0 spiro atoms. The van der Waals surface area contributed by atoms with E-state index in [1.807, 2.05) is 42.5 Å². The number of fused-ring (bicyclic) bond motifs is 1. The maximum Gasteiger partial charge on any atom is 0.166 e. The molecule has 0 saturated heterocycles. The van der Waals surface area contributed by atoms with Crippen molar-refractivity contribution in [2.75, 3.05) is 10.9 Å². The molecular formula is C13H11N3S. The van der Waals surface area contributed by atoms with Gasteiger partial charge in [-0.15, -0.1) is 0 Å². The molecule has 3 rings (SSSR count). The molecule has 0 aliphatic rings. The average Bonchev–Trinajstić information content (AvgIpc) is 2.81. The Morgan fingerprint density at radius 2 is 1.59 bits per heavy atom. The number of nitrogens with one attached hydrogen (secondary N) is 2. The van der Waals surface area contributed by atoms with Gasteiger partial charge in [0.05, 0.1) is 10.4 Å². The number of aromatic nitrogens is 1. The summed E-state index contributed by atoms with van der Waals surface area (Å²) in [5.74, 6) is 0.870. The molecule has 0 aliphatic carbocycles. The Kier molecular flexibility index (Phi) is 2.63. The number of benzene rings is 2. The number of rotatable bonds is 3. The Hall–Kier alpha value is -2.07. The Labute approximate surface area is 103 Å². The topological polar surface area (TPSA) is 37.0 Å². The fourth-order valence-corrected chi connectivity index (χ4v) is 2.36. The number of hydrazine groups is 1. The van der Waals surface area contributed by atoms with E-state index in [-0.39, 0.29) is 0 Å². The van der Waals surface area contributed by atoms with Crippen LogP contribution in [0.2, 0.25) is 0 Å². The van der Waals surface area contributed by atoms with Crippen LogP contribution in [-0.2, 0) is 0 Å². The smallest absolute Gasteiger partial charge is 0.166 e. The van der Waals surface area contributed by atoms with Crippen LogP contribution in [0.1, 0.15) is 0 Å². The van der Waals surface area contributed by atoms with Crippen molar-refractivity contribution in [1.29, 1.82) is 0 Å². The number of anilines is 2. The van der Waals surface area contributed by atoms with Gasteiger partial charge in [0.1, 0.15) is 0 Å². The van der Waals surface area contributed by atoms with Gasteiger partial charge in [0, 0.05) is 5.39 Å². The first-order chi connectivity index (χ1) is 8.43. The zero-order valence-corrected chi connectivity index (χ0v) is 9.87. The van der Waals surface area contributed by atoms with Crippen molar-refractivity contribution in [3.8, 4) is 0 Å². The van der Waals surface area contributed by atoms with Gasteiger partial charge >= 0.3 is 0 Å². The van der Waals surface area contributed by atoms with Gasteiger partial charge in [-0.2, -0.15) is 4.37 Å². The lowest BCUT2D eigenvalue weighted by atomic mass is 10.3. The van der Waals surface area contributed by atoms with Crippen LogP contribution in [0.4, 0.5) is 11.5 Å². The van der Waals surface area contributed by atoms with Crippen molar-refractivity contribution in [2.45, 2.75) is 0 Å². The minimum atomic E-state index is 0.870. The van der Waals surface area contributed by atoms with E-state index in [2.05, 4.69) is 27.4 Å². The SMILES string of the molecule is c1ccc(NNc2nsc3ccccc23)cc1. The number of para-hydroxylation sites is 1. The predicted molar refractivity (Wildman–Crippen MR) is 73.3 cm³/mol. The highest BCUT2D eigenvalue weighted by molar-refractivity contribution is 7.13. The van der Waals surface area contributed by atoms with Crippen LogP contribution >= 0.6 is 11.5 Å². The Morgan fingerprint density at radius 1 is 0.824 bits per heavy atom. The normalized spacial score (nSPS) is 10.4. The van der Waals surface area contributed by atoms with Gasteiger partial charge in [-0.05, 0) is 35.8 Å². The first kappa shape index (κ1) is 10.1. The summed E-state index contributed by atoms with van der Waals surface area (Å²) in [4.78, 5) is 0. The van der Waals surface area contributed by atoms with Gasteiger partial charge in [-0.1, -0.05) is 30.3 Å². The molecule has 2 N–H and O–H groups in total. The summed E-state index contributed by atoms with van der Waals surface area (Å²) in [5, 5.41) is 1.14. The standard InChI is InChI=1S/C13H11N3S/c1-2-6-10(7-3-1)14-15-13-11-8-4-5-9-12(11)17-16-13/h1-9,14H,(H,15,16). The summed E-state index contributed by atoms with van der Waals surface area (Å²) >= 11 is 1.50. The monoisotopic (exact) mass is 241 g/mol. The van der Waals surface area contributed by atoms with Crippen LogP contribution in [0.15, 0.2) is 54.6 Å². The van der Waals surface area contributed by atoms with Crippen molar-refractivity contribution in [2.24, 2.45) is 0 Å². The summed E-state index contributed by atoms with van der Waals surface area (Å²) in [6.45, 7) is 0. The summed E-state index contributed by atoms with van der Waals surface area (Å²) in [7, 11) is 0. The van der Waals surface area contributed by atoms with Crippen LogP contribution in [0, 0.1) is 0 Å². The van der Waals surface area contributed by atoms with Crippen molar-refractivity contribution in [3.63, 3.8) is 0 Å². The summed E-state index contributed by atoms with van der Waals surface area (Å²) in [5.41, 5.74) is 7.28. The fourth-order valence-electron chi connectivity index (χ4n) is 1.63. The van der Waals surface area contributed by atoms with Crippen molar-refractivity contribution in [3.05, 3.63) is 54.6 Å². The molecule has 3 nitrogen and oxygen atoms in total. The second-order valence-corrected chi connectivity index (χ2v) is 4.45. The maximum absolute atomic E-state index is 4.38. The molecule has 1 aromatic heterocycles. The van der Waals surface area contributed by atoms with Crippen molar-refractivity contribution in [1.82, 2.24) is 4.37 Å². The largest absolute Gasteiger partial charge is 0.300 e. The van der Waals surface area contributed by atoms with Gasteiger partial charge in [-0.3, -0.25) is 10.9 Å². The molecule has 0 fully saturated rings. The second kappa shape index (κ2) is 4.43. The molecule has 17 heavy (non-hydrogen) atoms. The van der Waals surface area contributed by atoms with Crippen molar-refractivity contribution >= 4 is 33.1 Å². The van der Waals surface area contributed by atoms with E-state index in [4.69, 9.17) is 0 Å². The molecular weight excluding hydrogens is 230 g/mol. The minimum absolute atomic E-state index is 0.870. The Morgan fingerprint density at radius 3 is 2.47 bits per heavy atom. The molecule has 2 aromatic carbocycles. The van der Waals surface area contributed by atoms with Gasteiger partial charge in [-0.25, -0.2) is 0 Å². The molecule has 0 bridgehead atoms. The molecule has 0 amide bonds. The number of hydrogen-bond donors (Lipinski definition) is 2. The summed E-state index contributed by atoms with van der Waals surface area (Å²) in [6.07, 6.45) is 0. The predicted octanol–water partition coefficient (Wildman–Crippen LogP) is 3.74. The molecule has 0 aliphatic heterocycles. The molecule has 0 radical (unpaired) electrons. The highest BCUT2D eigenvalue weighted by atomic mass is 32.1. The first-order valence-electron chi connectivity index (χ1n) is 5.35. The highest BCUT2D eigenvalue weighted by Gasteiger charge is 2.03. The molecule has 1 heterocycles. The molecule has 3 aromatic rings. The summed E-state index contributed by atoms with van der Waals surface area (Å²) < 4.78 is 5.56. The van der Waals surface area contributed by atoms with E-state index < -0.39 is 0 Å². The van der Waals surface area contributed by atoms with Crippen LogP contribution in [0.25, 0.3) is 10.1 Å². The lowest BCUT2D eigenvalue weighted by Crippen LogP contribution is -2.08. The Bertz CT molecular complexity index is 619. The van der Waals surface area contributed by atoms with E-state index in [0.29, 0.717) is 0 Å². The zero-order valence-electron chi connectivity index (χ0n) is 9.05. The van der Waals surface area contributed by atoms with E-state index in [1.54, 1.807) is 0 Å². The van der Waals surface area contributed by atoms with E-state index in [9.17, 15) is 0 Å². The summed E-state index contributed by atoms with van der Waals surface area (Å²) in [6, 6.07) is 18.1. The molecule has 84 valence electrons. The highest BCUT2D eigenvalue weighted by Crippen LogP contribution is 2.26. The first-order valence-corrected chi connectivity index (χ1v) is 6.12. The number of nitrogens with zero attached hydrogens (tertiary/aromatic N) is 1. The third-order valence-corrected chi connectivity index (χ3v) is 3.30. The van der Waals surface area contributed by atoms with Gasteiger partial charge in [0.25, 0.3) is 0 Å². The third kappa shape index (κ3) is 2.07. The molecule has 0 saturated carbocycles. The Balaban J connectivity index is 1.82.